The van der Waals surface area contributed by atoms with Gasteiger partial charge in [0.05, 0.1) is 11.1 Å². The molecule has 8 nitrogen and oxygen atoms in total. The summed E-state index contributed by atoms with van der Waals surface area (Å²) in [6.07, 6.45) is 5.19. The number of carboxylic acids is 1. The number of aromatic carboxylic acids is 1. The van der Waals surface area contributed by atoms with Crippen LogP contribution < -0.4 is 15.5 Å². The number of carbonyl (C=O) groups is 2. The molecule has 1 aliphatic rings. The summed E-state index contributed by atoms with van der Waals surface area (Å²) in [4.78, 5) is 34.8. The van der Waals surface area contributed by atoms with Crippen LogP contribution in [0.15, 0.2) is 30.5 Å². The minimum Gasteiger partial charge on any atom is -0.478 e. The van der Waals surface area contributed by atoms with Crippen molar-refractivity contribution in [2.75, 3.05) is 24.3 Å². The molecule has 3 N–H and O–H groups in total. The van der Waals surface area contributed by atoms with Crippen LogP contribution in [0.1, 0.15) is 52.0 Å². The number of benzene rings is 1. The van der Waals surface area contributed by atoms with Crippen molar-refractivity contribution in [3.05, 3.63) is 47.2 Å². The van der Waals surface area contributed by atoms with Crippen molar-refractivity contribution in [2.24, 2.45) is 0 Å². The van der Waals surface area contributed by atoms with E-state index in [4.69, 9.17) is 0 Å². The summed E-state index contributed by atoms with van der Waals surface area (Å²) in [6.45, 7) is 1.98. The summed E-state index contributed by atoms with van der Waals surface area (Å²) in [5.41, 5.74) is 1.24. The minimum absolute atomic E-state index is 0. The van der Waals surface area contributed by atoms with E-state index < -0.39 is 5.97 Å². The third kappa shape index (κ3) is 5.60. The Morgan fingerprint density at radius 2 is 1.67 bits per heavy atom. The van der Waals surface area contributed by atoms with Crippen molar-refractivity contribution >= 4 is 36.0 Å². The van der Waals surface area contributed by atoms with Crippen LogP contribution in [0, 0.1) is 6.92 Å². The van der Waals surface area contributed by atoms with Crippen LogP contribution in [-0.4, -0.2) is 53.1 Å². The maximum atomic E-state index is 12.5. The average Bonchev–Trinajstić information content (AvgIpc) is 2.70. The molecule has 0 radical (unpaired) electrons. The molecule has 1 fully saturated rings. The number of anilines is 2. The van der Waals surface area contributed by atoms with Gasteiger partial charge in [-0.3, -0.25) is 4.79 Å². The molecule has 2 aromatic rings. The van der Waals surface area contributed by atoms with Gasteiger partial charge in [-0.15, -0.1) is 12.4 Å². The average molecular weight is 434 g/mol. The fraction of sp³-hybridized carbons (Fsp3) is 0.429. The Balaban J connectivity index is 0.00000320. The Morgan fingerprint density at radius 1 is 1.07 bits per heavy atom. The van der Waals surface area contributed by atoms with Crippen molar-refractivity contribution in [2.45, 2.75) is 44.7 Å². The highest BCUT2D eigenvalue weighted by Gasteiger charge is 2.25. The molecule has 0 aliphatic heterocycles. The van der Waals surface area contributed by atoms with Crippen molar-refractivity contribution < 1.29 is 14.7 Å². The van der Waals surface area contributed by atoms with E-state index in [1.807, 2.05) is 32.1 Å². The SMILES string of the molecule is Cc1cnc(N[C@H]2CC[C@@H](NC(=O)c3ccccc3C(=O)O)CC2)nc1N(C)C.Cl. The Labute approximate surface area is 182 Å². The number of hydrogen-bond acceptors (Lipinski definition) is 6. The number of carboxylic acid groups (broad SMARTS) is 1. The predicted octanol–water partition coefficient (Wildman–Crippen LogP) is 3.12. The van der Waals surface area contributed by atoms with Gasteiger partial charge in [-0.05, 0) is 44.7 Å². The molecular weight excluding hydrogens is 406 g/mol. The first-order valence-corrected chi connectivity index (χ1v) is 9.76. The van der Waals surface area contributed by atoms with Gasteiger partial charge in [-0.25, -0.2) is 9.78 Å². The zero-order valence-electron chi connectivity index (χ0n) is 17.4. The zero-order chi connectivity index (χ0) is 21.0. The number of aromatic nitrogens is 2. The lowest BCUT2D eigenvalue weighted by Gasteiger charge is -2.30. The fourth-order valence-corrected chi connectivity index (χ4v) is 3.65. The van der Waals surface area contributed by atoms with Gasteiger partial charge in [0.25, 0.3) is 5.91 Å². The molecule has 1 aromatic heterocycles. The molecule has 1 amide bonds. The van der Waals surface area contributed by atoms with Crippen molar-refractivity contribution in [3.8, 4) is 0 Å². The maximum Gasteiger partial charge on any atom is 0.336 e. The van der Waals surface area contributed by atoms with Gasteiger partial charge in [-0.1, -0.05) is 12.1 Å². The Bertz CT molecular complexity index is 898. The molecular formula is C21H28ClN5O3. The number of hydrogen-bond donors (Lipinski definition) is 3. The van der Waals surface area contributed by atoms with Crippen molar-refractivity contribution in [1.29, 1.82) is 0 Å². The highest BCUT2D eigenvalue weighted by Crippen LogP contribution is 2.23. The molecule has 162 valence electrons. The van der Waals surface area contributed by atoms with E-state index in [9.17, 15) is 14.7 Å². The number of nitrogens with zero attached hydrogens (tertiary/aromatic N) is 3. The maximum absolute atomic E-state index is 12.5. The molecule has 1 heterocycles. The summed E-state index contributed by atoms with van der Waals surface area (Å²) in [5.74, 6) is 0.0680. The first-order valence-electron chi connectivity index (χ1n) is 9.76. The smallest absolute Gasteiger partial charge is 0.336 e. The van der Waals surface area contributed by atoms with E-state index in [2.05, 4.69) is 20.6 Å². The molecule has 1 aromatic carbocycles. The van der Waals surface area contributed by atoms with Crippen LogP contribution in [-0.2, 0) is 0 Å². The third-order valence-electron chi connectivity index (χ3n) is 5.17. The molecule has 0 bridgehead atoms. The Hall–Kier alpha value is -2.87. The highest BCUT2D eigenvalue weighted by atomic mass is 35.5. The highest BCUT2D eigenvalue weighted by molar-refractivity contribution is 6.04. The largest absolute Gasteiger partial charge is 0.478 e. The van der Waals surface area contributed by atoms with E-state index in [0.29, 0.717) is 5.95 Å². The Kier molecular flexibility index (Phi) is 8.00. The number of nitrogens with one attached hydrogen (secondary N) is 2. The standard InChI is InChI=1S/C21H27N5O3.ClH/c1-13-12-22-21(25-18(13)26(2)3)24-15-10-8-14(9-11-15)23-19(27)16-6-4-5-7-17(16)20(28)29;/h4-7,12,14-15H,8-11H2,1-3H3,(H,23,27)(H,28,29)(H,22,24,25);1H/t14-,15+;. The monoisotopic (exact) mass is 433 g/mol. The number of rotatable bonds is 6. The molecule has 0 saturated heterocycles. The van der Waals surface area contributed by atoms with Crippen LogP contribution in [0.5, 0.6) is 0 Å². The van der Waals surface area contributed by atoms with Crippen LogP contribution in [0.4, 0.5) is 11.8 Å². The molecule has 0 spiro atoms. The summed E-state index contributed by atoms with van der Waals surface area (Å²) in [6, 6.07) is 6.55. The van der Waals surface area contributed by atoms with Crippen molar-refractivity contribution in [3.63, 3.8) is 0 Å². The van der Waals surface area contributed by atoms with Gasteiger partial charge in [-0.2, -0.15) is 4.98 Å². The fourth-order valence-electron chi connectivity index (χ4n) is 3.65. The zero-order valence-corrected chi connectivity index (χ0v) is 18.2. The first-order chi connectivity index (χ1) is 13.8. The third-order valence-corrected chi connectivity index (χ3v) is 5.17. The second-order valence-corrected chi connectivity index (χ2v) is 7.61. The molecule has 1 aliphatic carbocycles. The number of aryl methyl sites for hydroxylation is 1. The van der Waals surface area contributed by atoms with Gasteiger partial charge < -0.3 is 20.6 Å². The van der Waals surface area contributed by atoms with E-state index in [0.717, 1.165) is 37.1 Å². The van der Waals surface area contributed by atoms with Crippen LogP contribution in [0.25, 0.3) is 0 Å². The second kappa shape index (κ2) is 10.2. The molecule has 30 heavy (non-hydrogen) atoms. The first kappa shape index (κ1) is 23.4. The van der Waals surface area contributed by atoms with E-state index >= 15 is 0 Å². The van der Waals surface area contributed by atoms with Gasteiger partial charge >= 0.3 is 5.97 Å². The summed E-state index contributed by atoms with van der Waals surface area (Å²) < 4.78 is 0. The van der Waals surface area contributed by atoms with Gasteiger partial charge in [0.1, 0.15) is 5.82 Å². The summed E-state index contributed by atoms with van der Waals surface area (Å²) >= 11 is 0. The number of amides is 1. The topological polar surface area (TPSA) is 107 Å². The summed E-state index contributed by atoms with van der Waals surface area (Å²) in [7, 11) is 3.91. The lowest BCUT2D eigenvalue weighted by atomic mass is 9.91. The Morgan fingerprint density at radius 3 is 2.27 bits per heavy atom. The van der Waals surface area contributed by atoms with E-state index in [-0.39, 0.29) is 41.5 Å². The van der Waals surface area contributed by atoms with E-state index in [1.54, 1.807) is 18.2 Å². The van der Waals surface area contributed by atoms with E-state index in [1.165, 1.54) is 6.07 Å². The lowest BCUT2D eigenvalue weighted by Crippen LogP contribution is -2.40. The quantitative estimate of drug-likeness (QED) is 0.642. The number of carbonyl (C=O) groups excluding carboxylic acids is 1. The minimum atomic E-state index is -1.10. The van der Waals surface area contributed by atoms with Gasteiger partial charge in [0, 0.05) is 37.9 Å². The van der Waals surface area contributed by atoms with Crippen LogP contribution in [0.2, 0.25) is 0 Å². The normalized spacial score (nSPS) is 18.1. The molecule has 0 atom stereocenters. The second-order valence-electron chi connectivity index (χ2n) is 7.61. The number of halogens is 1. The molecule has 1 saturated carbocycles. The predicted molar refractivity (Wildman–Crippen MR) is 119 cm³/mol. The van der Waals surface area contributed by atoms with Gasteiger partial charge in [0.2, 0.25) is 5.95 Å². The van der Waals surface area contributed by atoms with Gasteiger partial charge in [0.15, 0.2) is 0 Å². The van der Waals surface area contributed by atoms with Crippen LogP contribution in [0.3, 0.4) is 0 Å². The van der Waals surface area contributed by atoms with Crippen molar-refractivity contribution in [1.82, 2.24) is 15.3 Å². The van der Waals surface area contributed by atoms with Crippen LogP contribution >= 0.6 is 12.4 Å². The molecule has 0 unspecified atom stereocenters. The lowest BCUT2D eigenvalue weighted by molar-refractivity contribution is 0.0690. The molecule has 3 rings (SSSR count). The summed E-state index contributed by atoms with van der Waals surface area (Å²) in [5, 5.41) is 15.6. The molecule has 9 heteroatoms.